The lowest BCUT2D eigenvalue weighted by Gasteiger charge is -2.24. The fourth-order valence-corrected chi connectivity index (χ4v) is 3.10. The molecule has 0 bridgehead atoms. The molecular formula is C18H29FN2. The quantitative estimate of drug-likeness (QED) is 0.829. The van der Waals surface area contributed by atoms with Crippen LogP contribution in [0.15, 0.2) is 24.3 Å². The summed E-state index contributed by atoms with van der Waals surface area (Å²) in [5.74, 6) is 1.35. The van der Waals surface area contributed by atoms with Crippen LogP contribution in [-0.2, 0) is 6.42 Å². The molecule has 2 unspecified atom stereocenters. The Morgan fingerprint density at radius 2 is 1.95 bits per heavy atom. The van der Waals surface area contributed by atoms with Crippen LogP contribution in [0.5, 0.6) is 0 Å². The van der Waals surface area contributed by atoms with Crippen molar-refractivity contribution in [2.75, 3.05) is 26.2 Å². The van der Waals surface area contributed by atoms with Gasteiger partial charge in [-0.15, -0.1) is 0 Å². The van der Waals surface area contributed by atoms with Gasteiger partial charge in [-0.3, -0.25) is 4.90 Å². The molecule has 0 radical (unpaired) electrons. The van der Waals surface area contributed by atoms with Gasteiger partial charge in [0.1, 0.15) is 5.82 Å². The minimum atomic E-state index is -0.149. The van der Waals surface area contributed by atoms with Crippen molar-refractivity contribution >= 4 is 0 Å². The first-order chi connectivity index (χ1) is 10.0. The van der Waals surface area contributed by atoms with Crippen LogP contribution < -0.4 is 5.32 Å². The smallest absolute Gasteiger partial charge is 0.123 e. The number of nitrogens with zero attached hydrogens (tertiary/aromatic N) is 1. The molecule has 0 spiro atoms. The summed E-state index contributed by atoms with van der Waals surface area (Å²) in [4.78, 5) is 2.57. The first-order valence-electron chi connectivity index (χ1n) is 8.23. The monoisotopic (exact) mass is 292 g/mol. The van der Waals surface area contributed by atoms with Crippen LogP contribution in [0, 0.1) is 17.7 Å². The average molecular weight is 292 g/mol. The highest BCUT2D eigenvalue weighted by molar-refractivity contribution is 5.17. The van der Waals surface area contributed by atoms with Crippen molar-refractivity contribution in [1.82, 2.24) is 10.2 Å². The second-order valence-corrected chi connectivity index (χ2v) is 6.88. The van der Waals surface area contributed by atoms with Crippen molar-refractivity contribution < 1.29 is 4.39 Å². The van der Waals surface area contributed by atoms with Gasteiger partial charge in [-0.05, 0) is 68.9 Å². The van der Waals surface area contributed by atoms with Gasteiger partial charge in [0.15, 0.2) is 0 Å². The molecule has 0 amide bonds. The molecule has 1 heterocycles. The van der Waals surface area contributed by atoms with Gasteiger partial charge in [-0.2, -0.15) is 0 Å². The normalized spacial score (nSPS) is 21.1. The van der Waals surface area contributed by atoms with Crippen molar-refractivity contribution in [3.8, 4) is 0 Å². The largest absolute Gasteiger partial charge is 0.316 e. The van der Waals surface area contributed by atoms with E-state index in [0.29, 0.717) is 6.04 Å². The number of hydrogen-bond acceptors (Lipinski definition) is 2. The van der Waals surface area contributed by atoms with Gasteiger partial charge in [0, 0.05) is 12.6 Å². The lowest BCUT2D eigenvalue weighted by Crippen LogP contribution is -2.34. The van der Waals surface area contributed by atoms with Crippen molar-refractivity contribution in [2.24, 2.45) is 11.8 Å². The first-order valence-corrected chi connectivity index (χ1v) is 8.23. The number of rotatable bonds is 7. The van der Waals surface area contributed by atoms with E-state index in [-0.39, 0.29) is 5.82 Å². The third-order valence-corrected chi connectivity index (χ3v) is 4.37. The summed E-state index contributed by atoms with van der Waals surface area (Å²) >= 11 is 0. The number of hydrogen-bond donors (Lipinski definition) is 1. The van der Waals surface area contributed by atoms with Crippen LogP contribution in [0.4, 0.5) is 4.39 Å². The fourth-order valence-electron chi connectivity index (χ4n) is 3.10. The Morgan fingerprint density at radius 1 is 1.24 bits per heavy atom. The van der Waals surface area contributed by atoms with Crippen LogP contribution in [-0.4, -0.2) is 37.1 Å². The van der Waals surface area contributed by atoms with Gasteiger partial charge in [0.2, 0.25) is 0 Å². The molecule has 0 saturated carbocycles. The van der Waals surface area contributed by atoms with Crippen molar-refractivity contribution in [2.45, 2.75) is 39.7 Å². The highest BCUT2D eigenvalue weighted by atomic mass is 19.1. The Balaban J connectivity index is 1.74. The number of nitrogens with one attached hydrogen (secondary N) is 1. The lowest BCUT2D eigenvalue weighted by atomic mass is 10.1. The Kier molecular flexibility index (Phi) is 6.19. The van der Waals surface area contributed by atoms with Gasteiger partial charge < -0.3 is 5.32 Å². The summed E-state index contributed by atoms with van der Waals surface area (Å²) in [6, 6.07) is 7.47. The number of halogens is 1. The summed E-state index contributed by atoms with van der Waals surface area (Å²) in [5, 5.41) is 3.57. The molecular weight excluding hydrogens is 263 g/mol. The highest BCUT2D eigenvalue weighted by Gasteiger charge is 2.25. The summed E-state index contributed by atoms with van der Waals surface area (Å²) < 4.78 is 12.9. The first kappa shape index (κ1) is 16.4. The maximum absolute atomic E-state index is 12.9. The topological polar surface area (TPSA) is 15.3 Å². The molecule has 0 aromatic heterocycles. The van der Waals surface area contributed by atoms with Crippen LogP contribution in [0.25, 0.3) is 0 Å². The molecule has 118 valence electrons. The Hall–Kier alpha value is -0.930. The summed E-state index contributed by atoms with van der Waals surface area (Å²) in [7, 11) is 0. The van der Waals surface area contributed by atoms with E-state index in [9.17, 15) is 4.39 Å². The second-order valence-electron chi connectivity index (χ2n) is 6.88. The van der Waals surface area contributed by atoms with E-state index in [4.69, 9.17) is 0 Å². The van der Waals surface area contributed by atoms with E-state index in [1.807, 2.05) is 12.1 Å². The zero-order valence-electron chi connectivity index (χ0n) is 13.6. The molecule has 1 saturated heterocycles. The third kappa shape index (κ3) is 5.40. The molecule has 2 nitrogen and oxygen atoms in total. The predicted octanol–water partition coefficient (Wildman–Crippen LogP) is 3.32. The molecule has 0 aliphatic carbocycles. The minimum absolute atomic E-state index is 0.149. The van der Waals surface area contributed by atoms with Crippen molar-refractivity contribution in [1.29, 1.82) is 0 Å². The maximum Gasteiger partial charge on any atom is 0.123 e. The molecule has 21 heavy (non-hydrogen) atoms. The van der Waals surface area contributed by atoms with Crippen molar-refractivity contribution in [3.63, 3.8) is 0 Å². The molecule has 1 aromatic carbocycles. The predicted molar refractivity (Wildman–Crippen MR) is 87.0 cm³/mol. The molecule has 1 aromatic rings. The molecule has 1 aliphatic heterocycles. The van der Waals surface area contributed by atoms with E-state index in [2.05, 4.69) is 31.0 Å². The van der Waals surface area contributed by atoms with Gasteiger partial charge in [0.05, 0.1) is 0 Å². The Bertz CT molecular complexity index is 416. The van der Waals surface area contributed by atoms with Crippen LogP contribution in [0.2, 0.25) is 0 Å². The second kappa shape index (κ2) is 7.90. The zero-order chi connectivity index (χ0) is 15.2. The summed E-state index contributed by atoms with van der Waals surface area (Å²) in [6.07, 6.45) is 2.30. The van der Waals surface area contributed by atoms with Gasteiger partial charge >= 0.3 is 0 Å². The zero-order valence-corrected chi connectivity index (χ0v) is 13.6. The highest BCUT2D eigenvalue weighted by Crippen LogP contribution is 2.20. The molecule has 1 N–H and O–H groups in total. The van der Waals surface area contributed by atoms with E-state index in [1.54, 1.807) is 12.1 Å². The van der Waals surface area contributed by atoms with Crippen LogP contribution in [0.3, 0.4) is 0 Å². The summed E-state index contributed by atoms with van der Waals surface area (Å²) in [6.45, 7) is 11.4. The SMILES string of the molecule is CC(C)CNCC1CCN(C(C)Cc2ccc(F)cc2)C1. The maximum atomic E-state index is 12.9. The number of likely N-dealkylation sites (tertiary alicyclic amines) is 1. The molecule has 2 atom stereocenters. The fraction of sp³-hybridized carbons (Fsp3) is 0.667. The van der Waals surface area contributed by atoms with Crippen LogP contribution >= 0.6 is 0 Å². The molecule has 1 aliphatic rings. The van der Waals surface area contributed by atoms with E-state index < -0.39 is 0 Å². The Labute approximate surface area is 128 Å². The van der Waals surface area contributed by atoms with E-state index >= 15 is 0 Å². The van der Waals surface area contributed by atoms with E-state index in [0.717, 1.165) is 31.3 Å². The van der Waals surface area contributed by atoms with Gasteiger partial charge in [-0.25, -0.2) is 4.39 Å². The third-order valence-electron chi connectivity index (χ3n) is 4.37. The molecule has 1 fully saturated rings. The van der Waals surface area contributed by atoms with Gasteiger partial charge in [-0.1, -0.05) is 26.0 Å². The summed E-state index contributed by atoms with van der Waals surface area (Å²) in [5.41, 5.74) is 1.23. The Morgan fingerprint density at radius 3 is 2.62 bits per heavy atom. The average Bonchev–Trinajstić information content (AvgIpc) is 2.90. The number of benzene rings is 1. The standard InChI is InChI=1S/C18H29FN2/c1-14(2)11-20-12-17-8-9-21(13-17)15(3)10-16-4-6-18(19)7-5-16/h4-7,14-15,17,20H,8-13H2,1-3H3. The van der Waals surface area contributed by atoms with Gasteiger partial charge in [0.25, 0.3) is 0 Å². The van der Waals surface area contributed by atoms with Crippen LogP contribution in [0.1, 0.15) is 32.8 Å². The van der Waals surface area contributed by atoms with E-state index in [1.165, 1.54) is 25.1 Å². The molecule has 3 heteroatoms. The van der Waals surface area contributed by atoms with Crippen molar-refractivity contribution in [3.05, 3.63) is 35.6 Å². The minimum Gasteiger partial charge on any atom is -0.316 e. The molecule has 2 rings (SSSR count). The lowest BCUT2D eigenvalue weighted by molar-refractivity contribution is 0.246.